The average molecular weight is 265 g/mol. The average Bonchev–Trinajstić information content (AvgIpc) is 2.87. The van der Waals surface area contributed by atoms with E-state index in [1.807, 2.05) is 18.3 Å². The number of carbonyl (C=O) groups is 2. The molecule has 1 atom stereocenters. The molecule has 0 bridgehead atoms. The van der Waals surface area contributed by atoms with Gasteiger partial charge < -0.3 is 19.9 Å². The van der Waals surface area contributed by atoms with Crippen molar-refractivity contribution in [2.45, 2.75) is 31.8 Å². The summed E-state index contributed by atoms with van der Waals surface area (Å²) in [6.45, 7) is 4.06. The number of rotatable bonds is 4. The van der Waals surface area contributed by atoms with E-state index in [9.17, 15) is 9.59 Å². The zero-order valence-corrected chi connectivity index (χ0v) is 11.4. The molecule has 2 rings (SSSR count). The van der Waals surface area contributed by atoms with Gasteiger partial charge in [-0.1, -0.05) is 0 Å². The number of nitrogens with zero attached hydrogens (tertiary/aromatic N) is 2. The van der Waals surface area contributed by atoms with Crippen molar-refractivity contribution < 1.29 is 14.7 Å². The number of hydrogen-bond acceptors (Lipinski definition) is 2. The van der Waals surface area contributed by atoms with E-state index in [0.29, 0.717) is 6.54 Å². The number of aliphatic carboxylic acids is 1. The Kier molecular flexibility index (Phi) is 3.26. The Balaban J connectivity index is 2.21. The first kappa shape index (κ1) is 13.5. The fraction of sp³-hybridized carbons (Fsp3) is 0.538. The van der Waals surface area contributed by atoms with Crippen LogP contribution in [0.25, 0.3) is 0 Å². The van der Waals surface area contributed by atoms with E-state index in [0.717, 1.165) is 5.69 Å². The Morgan fingerprint density at radius 1 is 1.58 bits per heavy atom. The molecule has 0 aliphatic carbocycles. The lowest BCUT2D eigenvalue weighted by Gasteiger charge is -2.33. The fourth-order valence-electron chi connectivity index (χ4n) is 2.53. The largest absolute Gasteiger partial charge is 0.481 e. The third kappa shape index (κ3) is 2.43. The lowest BCUT2D eigenvalue weighted by Crippen LogP contribution is -2.47. The van der Waals surface area contributed by atoms with Crippen molar-refractivity contribution in [2.24, 2.45) is 0 Å². The van der Waals surface area contributed by atoms with Crippen molar-refractivity contribution in [3.63, 3.8) is 0 Å². The summed E-state index contributed by atoms with van der Waals surface area (Å²) in [4.78, 5) is 29.6. The number of nitrogens with one attached hydrogen (secondary N) is 1. The molecule has 0 aromatic carbocycles. The van der Waals surface area contributed by atoms with Crippen LogP contribution in [0.15, 0.2) is 18.3 Å². The van der Waals surface area contributed by atoms with Crippen molar-refractivity contribution in [1.82, 2.24) is 14.8 Å². The maximum Gasteiger partial charge on any atom is 0.320 e. The molecule has 2 N–H and O–H groups in total. The molecule has 6 nitrogen and oxygen atoms in total. The van der Waals surface area contributed by atoms with Crippen molar-refractivity contribution in [3.05, 3.63) is 24.0 Å². The van der Waals surface area contributed by atoms with Gasteiger partial charge in [0.25, 0.3) is 0 Å². The minimum absolute atomic E-state index is 0.0597. The highest BCUT2D eigenvalue weighted by atomic mass is 16.4. The summed E-state index contributed by atoms with van der Waals surface area (Å²) in [5.41, 5.74) is 0.267. The molecule has 0 spiro atoms. The standard InChI is InChI=1S/C13H19N3O3/c1-13(2,7-11(17)18)16-8-10(15(3)12(16)19)9-5-4-6-14-9/h4-6,10,14H,7-8H2,1-3H3,(H,17,18). The first-order valence-corrected chi connectivity index (χ1v) is 6.22. The highest BCUT2D eigenvalue weighted by molar-refractivity contribution is 5.79. The van der Waals surface area contributed by atoms with Crippen LogP contribution >= 0.6 is 0 Å². The van der Waals surface area contributed by atoms with Crippen LogP contribution in [0.2, 0.25) is 0 Å². The highest BCUT2D eigenvalue weighted by Gasteiger charge is 2.43. The Morgan fingerprint density at radius 3 is 2.79 bits per heavy atom. The number of carboxylic acids is 1. The molecular weight excluding hydrogens is 246 g/mol. The minimum atomic E-state index is -0.899. The highest BCUT2D eigenvalue weighted by Crippen LogP contribution is 2.33. The quantitative estimate of drug-likeness (QED) is 0.869. The van der Waals surface area contributed by atoms with E-state index in [4.69, 9.17) is 5.11 Å². The van der Waals surface area contributed by atoms with E-state index < -0.39 is 11.5 Å². The maximum atomic E-state index is 12.3. The molecule has 1 aliphatic rings. The molecule has 0 saturated carbocycles. The maximum absolute atomic E-state index is 12.3. The molecule has 2 amide bonds. The molecule has 19 heavy (non-hydrogen) atoms. The van der Waals surface area contributed by atoms with Crippen molar-refractivity contribution >= 4 is 12.0 Å². The summed E-state index contributed by atoms with van der Waals surface area (Å²) in [5, 5.41) is 8.95. The van der Waals surface area contributed by atoms with Gasteiger partial charge in [-0.2, -0.15) is 0 Å². The molecule has 0 radical (unpaired) electrons. The number of likely N-dealkylation sites (N-methyl/N-ethyl adjacent to an activating group) is 1. The van der Waals surface area contributed by atoms with E-state index >= 15 is 0 Å². The second-order valence-electron chi connectivity index (χ2n) is 5.53. The van der Waals surface area contributed by atoms with Crippen LogP contribution in [-0.4, -0.2) is 51.0 Å². The Morgan fingerprint density at radius 2 is 2.26 bits per heavy atom. The molecule has 1 aromatic heterocycles. The first-order chi connectivity index (χ1) is 8.83. The topological polar surface area (TPSA) is 76.6 Å². The van der Waals surface area contributed by atoms with Crippen LogP contribution in [0.5, 0.6) is 0 Å². The van der Waals surface area contributed by atoms with E-state index in [-0.39, 0.29) is 18.5 Å². The Labute approximate surface area is 112 Å². The zero-order chi connectivity index (χ0) is 14.2. The molecule has 1 aliphatic heterocycles. The molecule has 1 fully saturated rings. The molecule has 6 heteroatoms. The van der Waals surface area contributed by atoms with E-state index in [2.05, 4.69) is 4.98 Å². The number of urea groups is 1. The molecule has 104 valence electrons. The monoisotopic (exact) mass is 265 g/mol. The van der Waals surface area contributed by atoms with Crippen LogP contribution in [0.1, 0.15) is 32.0 Å². The van der Waals surface area contributed by atoms with Gasteiger partial charge in [-0.3, -0.25) is 4.79 Å². The third-order valence-electron chi connectivity index (χ3n) is 3.65. The number of hydrogen-bond donors (Lipinski definition) is 2. The van der Waals surface area contributed by atoms with Crippen LogP contribution in [0.4, 0.5) is 4.79 Å². The number of amides is 2. The first-order valence-electron chi connectivity index (χ1n) is 6.22. The molecular formula is C13H19N3O3. The van der Waals surface area contributed by atoms with Gasteiger partial charge >= 0.3 is 12.0 Å². The summed E-state index contributed by atoms with van der Waals surface area (Å²) in [6, 6.07) is 3.63. The lowest BCUT2D eigenvalue weighted by atomic mass is 9.98. The summed E-state index contributed by atoms with van der Waals surface area (Å²) >= 11 is 0. The number of carbonyl (C=O) groups excluding carboxylic acids is 1. The summed E-state index contributed by atoms with van der Waals surface area (Å²) in [5.74, 6) is -0.899. The SMILES string of the molecule is CN1C(=O)N(C(C)(C)CC(=O)O)CC1c1ccc[nH]1. The van der Waals surface area contributed by atoms with Crippen molar-refractivity contribution in [1.29, 1.82) is 0 Å². The van der Waals surface area contributed by atoms with Crippen LogP contribution in [0, 0.1) is 0 Å². The summed E-state index contributed by atoms with van der Waals surface area (Å²) in [6.07, 6.45) is 1.75. The van der Waals surface area contributed by atoms with Gasteiger partial charge in [-0.05, 0) is 26.0 Å². The number of carboxylic acid groups (broad SMARTS) is 1. The van der Waals surface area contributed by atoms with Gasteiger partial charge in [0.15, 0.2) is 0 Å². The molecule has 1 saturated heterocycles. The van der Waals surface area contributed by atoms with Gasteiger partial charge in [0, 0.05) is 31.0 Å². The van der Waals surface area contributed by atoms with E-state index in [1.165, 1.54) is 0 Å². The minimum Gasteiger partial charge on any atom is -0.481 e. The van der Waals surface area contributed by atoms with Gasteiger partial charge in [0.2, 0.25) is 0 Å². The van der Waals surface area contributed by atoms with Gasteiger partial charge in [0.1, 0.15) is 0 Å². The predicted molar refractivity (Wildman–Crippen MR) is 69.7 cm³/mol. The van der Waals surface area contributed by atoms with Crippen molar-refractivity contribution in [2.75, 3.05) is 13.6 Å². The number of H-pyrrole nitrogens is 1. The smallest absolute Gasteiger partial charge is 0.320 e. The Bertz CT molecular complexity index is 481. The van der Waals surface area contributed by atoms with Crippen LogP contribution in [0.3, 0.4) is 0 Å². The second-order valence-corrected chi connectivity index (χ2v) is 5.53. The number of aromatic nitrogens is 1. The van der Waals surface area contributed by atoms with Gasteiger partial charge in [-0.15, -0.1) is 0 Å². The summed E-state index contributed by atoms with van der Waals surface area (Å²) in [7, 11) is 1.74. The summed E-state index contributed by atoms with van der Waals surface area (Å²) < 4.78 is 0. The lowest BCUT2D eigenvalue weighted by molar-refractivity contribution is -0.139. The third-order valence-corrected chi connectivity index (χ3v) is 3.65. The van der Waals surface area contributed by atoms with Crippen LogP contribution in [-0.2, 0) is 4.79 Å². The van der Waals surface area contributed by atoms with Gasteiger partial charge in [-0.25, -0.2) is 4.79 Å². The zero-order valence-electron chi connectivity index (χ0n) is 11.4. The second kappa shape index (κ2) is 4.60. The number of aromatic amines is 1. The molecule has 1 aromatic rings. The molecule has 1 unspecified atom stereocenters. The molecule has 2 heterocycles. The fourth-order valence-corrected chi connectivity index (χ4v) is 2.53. The van der Waals surface area contributed by atoms with Gasteiger partial charge in [0.05, 0.1) is 12.5 Å². The predicted octanol–water partition coefficient (Wildman–Crippen LogP) is 1.68. The normalized spacial score (nSPS) is 20.2. The van der Waals surface area contributed by atoms with Crippen LogP contribution < -0.4 is 0 Å². The Hall–Kier alpha value is -1.98. The van der Waals surface area contributed by atoms with Crippen molar-refractivity contribution in [3.8, 4) is 0 Å². The van der Waals surface area contributed by atoms with E-state index in [1.54, 1.807) is 30.7 Å².